The van der Waals surface area contributed by atoms with Gasteiger partial charge in [-0.1, -0.05) is 6.07 Å². The number of aromatic nitrogens is 2. The van der Waals surface area contributed by atoms with Gasteiger partial charge in [-0.25, -0.2) is 4.68 Å². The Bertz CT molecular complexity index is 1090. The SMILES string of the molecule is COc1ccc(-c2ccc(=O)n(CC(=O)Nc3cc(C)cc(C)c3)n2)c(OC)c1. The molecule has 0 radical (unpaired) electrons. The highest BCUT2D eigenvalue weighted by molar-refractivity contribution is 5.90. The lowest BCUT2D eigenvalue weighted by atomic mass is 10.1. The van der Waals surface area contributed by atoms with Gasteiger partial charge in [-0.2, -0.15) is 5.10 Å². The summed E-state index contributed by atoms with van der Waals surface area (Å²) in [6.07, 6.45) is 0. The van der Waals surface area contributed by atoms with Gasteiger partial charge >= 0.3 is 0 Å². The minimum absolute atomic E-state index is 0.196. The molecule has 0 aliphatic carbocycles. The molecule has 1 N–H and O–H groups in total. The summed E-state index contributed by atoms with van der Waals surface area (Å²) < 4.78 is 11.8. The number of methoxy groups -OCH3 is 2. The van der Waals surface area contributed by atoms with Crippen LogP contribution >= 0.6 is 0 Å². The Hall–Kier alpha value is -3.61. The van der Waals surface area contributed by atoms with Gasteiger partial charge < -0.3 is 14.8 Å². The Balaban J connectivity index is 1.86. The van der Waals surface area contributed by atoms with E-state index in [1.165, 1.54) is 6.07 Å². The maximum Gasteiger partial charge on any atom is 0.267 e. The number of rotatable bonds is 6. The van der Waals surface area contributed by atoms with E-state index in [-0.39, 0.29) is 18.0 Å². The van der Waals surface area contributed by atoms with Crippen molar-refractivity contribution in [1.82, 2.24) is 9.78 Å². The molecule has 150 valence electrons. The van der Waals surface area contributed by atoms with Crippen LogP contribution in [0.5, 0.6) is 11.5 Å². The summed E-state index contributed by atoms with van der Waals surface area (Å²) in [7, 11) is 3.12. The molecule has 1 amide bonds. The van der Waals surface area contributed by atoms with E-state index in [0.717, 1.165) is 15.8 Å². The third-order valence-electron chi connectivity index (χ3n) is 4.35. The Morgan fingerprint density at radius 1 is 1.00 bits per heavy atom. The number of carbonyl (C=O) groups excluding carboxylic acids is 1. The molecule has 7 nitrogen and oxygen atoms in total. The topological polar surface area (TPSA) is 82.5 Å². The first-order valence-electron chi connectivity index (χ1n) is 9.08. The fourth-order valence-corrected chi connectivity index (χ4v) is 3.10. The molecule has 0 atom stereocenters. The number of amides is 1. The third kappa shape index (κ3) is 4.82. The number of hydrogen-bond acceptors (Lipinski definition) is 5. The number of benzene rings is 2. The number of nitrogens with zero attached hydrogens (tertiary/aromatic N) is 2. The number of hydrogen-bond donors (Lipinski definition) is 1. The van der Waals surface area contributed by atoms with E-state index in [4.69, 9.17) is 9.47 Å². The predicted octanol–water partition coefficient (Wildman–Crippen LogP) is 3.18. The summed E-state index contributed by atoms with van der Waals surface area (Å²) in [5.74, 6) is 0.872. The van der Waals surface area contributed by atoms with Gasteiger partial charge in [-0.05, 0) is 55.3 Å². The van der Waals surface area contributed by atoms with Gasteiger partial charge in [-0.15, -0.1) is 0 Å². The first-order chi connectivity index (χ1) is 13.9. The number of carbonyl (C=O) groups is 1. The van der Waals surface area contributed by atoms with Crippen LogP contribution in [-0.2, 0) is 11.3 Å². The van der Waals surface area contributed by atoms with E-state index in [2.05, 4.69) is 10.4 Å². The van der Waals surface area contributed by atoms with E-state index in [1.54, 1.807) is 38.5 Å². The summed E-state index contributed by atoms with van der Waals surface area (Å²) in [4.78, 5) is 24.7. The van der Waals surface area contributed by atoms with Gasteiger partial charge in [-0.3, -0.25) is 9.59 Å². The van der Waals surface area contributed by atoms with Crippen molar-refractivity contribution >= 4 is 11.6 Å². The van der Waals surface area contributed by atoms with Crippen molar-refractivity contribution in [3.05, 3.63) is 70.0 Å². The molecule has 0 unspecified atom stereocenters. The molecule has 1 aromatic heterocycles. The lowest BCUT2D eigenvalue weighted by Gasteiger charge is -2.12. The normalized spacial score (nSPS) is 10.5. The monoisotopic (exact) mass is 393 g/mol. The summed E-state index contributed by atoms with van der Waals surface area (Å²) in [5.41, 5.74) is 3.62. The lowest BCUT2D eigenvalue weighted by Crippen LogP contribution is -2.29. The van der Waals surface area contributed by atoms with Crippen LogP contribution in [0.2, 0.25) is 0 Å². The van der Waals surface area contributed by atoms with Crippen molar-refractivity contribution in [2.24, 2.45) is 0 Å². The number of anilines is 1. The van der Waals surface area contributed by atoms with Crippen LogP contribution < -0.4 is 20.3 Å². The summed E-state index contributed by atoms with van der Waals surface area (Å²) in [6, 6.07) is 14.1. The zero-order chi connectivity index (χ0) is 21.0. The van der Waals surface area contributed by atoms with Crippen molar-refractivity contribution in [3.63, 3.8) is 0 Å². The van der Waals surface area contributed by atoms with Crippen molar-refractivity contribution < 1.29 is 14.3 Å². The zero-order valence-corrected chi connectivity index (χ0v) is 16.9. The maximum absolute atomic E-state index is 12.5. The second kappa shape index (κ2) is 8.60. The van der Waals surface area contributed by atoms with E-state index < -0.39 is 0 Å². The average Bonchev–Trinajstić information content (AvgIpc) is 2.68. The molecule has 29 heavy (non-hydrogen) atoms. The minimum atomic E-state index is -0.364. The Kier molecular flexibility index (Phi) is 5.97. The molecular formula is C22H23N3O4. The van der Waals surface area contributed by atoms with Crippen LogP contribution in [0, 0.1) is 13.8 Å². The van der Waals surface area contributed by atoms with E-state index in [1.807, 2.05) is 32.0 Å². The number of nitrogens with one attached hydrogen (secondary N) is 1. The smallest absolute Gasteiger partial charge is 0.267 e. The van der Waals surface area contributed by atoms with Gasteiger partial charge in [0.2, 0.25) is 5.91 Å². The second-order valence-corrected chi connectivity index (χ2v) is 6.71. The van der Waals surface area contributed by atoms with Crippen LogP contribution in [0.25, 0.3) is 11.3 Å². The van der Waals surface area contributed by atoms with Crippen molar-refractivity contribution in [1.29, 1.82) is 0 Å². The molecule has 0 aliphatic heterocycles. The van der Waals surface area contributed by atoms with Gasteiger partial charge in [0.1, 0.15) is 18.0 Å². The highest BCUT2D eigenvalue weighted by Crippen LogP contribution is 2.31. The standard InChI is InChI=1S/C22H23N3O4/c1-14-9-15(2)11-16(10-14)23-21(26)13-25-22(27)8-7-19(24-25)18-6-5-17(28-3)12-20(18)29-4/h5-12H,13H2,1-4H3,(H,23,26). The molecule has 3 rings (SSSR count). The number of aryl methyl sites for hydroxylation is 2. The minimum Gasteiger partial charge on any atom is -0.497 e. The van der Waals surface area contributed by atoms with Crippen LogP contribution in [0.3, 0.4) is 0 Å². The lowest BCUT2D eigenvalue weighted by molar-refractivity contribution is -0.117. The number of ether oxygens (including phenoxy) is 2. The molecular weight excluding hydrogens is 370 g/mol. The van der Waals surface area contributed by atoms with Crippen molar-refractivity contribution in [3.8, 4) is 22.8 Å². The third-order valence-corrected chi connectivity index (χ3v) is 4.35. The molecule has 0 spiro atoms. The molecule has 7 heteroatoms. The average molecular weight is 393 g/mol. The molecule has 3 aromatic rings. The Morgan fingerprint density at radius 2 is 1.72 bits per heavy atom. The summed E-state index contributed by atoms with van der Waals surface area (Å²) in [5, 5.41) is 7.16. The van der Waals surface area contributed by atoms with Gasteiger partial charge in [0, 0.05) is 23.4 Å². The van der Waals surface area contributed by atoms with Crippen molar-refractivity contribution in [2.45, 2.75) is 20.4 Å². The highest BCUT2D eigenvalue weighted by atomic mass is 16.5. The second-order valence-electron chi connectivity index (χ2n) is 6.71. The first kappa shape index (κ1) is 20.1. The molecule has 0 saturated heterocycles. The van der Waals surface area contributed by atoms with Crippen LogP contribution in [0.4, 0.5) is 5.69 Å². The highest BCUT2D eigenvalue weighted by Gasteiger charge is 2.12. The van der Waals surface area contributed by atoms with Gasteiger partial charge in [0.15, 0.2) is 0 Å². The zero-order valence-electron chi connectivity index (χ0n) is 16.9. The van der Waals surface area contributed by atoms with Crippen LogP contribution in [0.1, 0.15) is 11.1 Å². The Labute approximate surface area is 168 Å². The maximum atomic E-state index is 12.5. The molecule has 1 heterocycles. The van der Waals surface area contributed by atoms with Gasteiger partial charge in [0.05, 0.1) is 19.9 Å². The van der Waals surface area contributed by atoms with E-state index in [0.29, 0.717) is 28.4 Å². The predicted molar refractivity (Wildman–Crippen MR) is 112 cm³/mol. The summed E-state index contributed by atoms with van der Waals surface area (Å²) >= 11 is 0. The molecule has 0 bridgehead atoms. The van der Waals surface area contributed by atoms with Crippen LogP contribution in [0.15, 0.2) is 53.3 Å². The molecule has 0 fully saturated rings. The summed E-state index contributed by atoms with van der Waals surface area (Å²) in [6.45, 7) is 3.72. The quantitative estimate of drug-likeness (QED) is 0.696. The van der Waals surface area contributed by atoms with Crippen LogP contribution in [-0.4, -0.2) is 29.9 Å². The van der Waals surface area contributed by atoms with E-state index >= 15 is 0 Å². The van der Waals surface area contributed by atoms with Crippen molar-refractivity contribution in [2.75, 3.05) is 19.5 Å². The largest absolute Gasteiger partial charge is 0.497 e. The molecule has 0 aliphatic rings. The fraction of sp³-hybridized carbons (Fsp3) is 0.227. The first-order valence-corrected chi connectivity index (χ1v) is 9.08. The molecule has 0 saturated carbocycles. The Morgan fingerprint density at radius 3 is 2.38 bits per heavy atom. The van der Waals surface area contributed by atoms with Gasteiger partial charge in [0.25, 0.3) is 5.56 Å². The van der Waals surface area contributed by atoms with E-state index in [9.17, 15) is 9.59 Å². The molecule has 2 aromatic carbocycles. The fourth-order valence-electron chi connectivity index (χ4n) is 3.10.